The highest BCUT2D eigenvalue weighted by molar-refractivity contribution is 7.89. The SMILES string of the molecule is CCC[C@@H](C)NC(=O)[C@H]1CCCN(S(=O)(=O)c2cc(C)ccc2C)C1. The molecule has 1 amide bonds. The van der Waals surface area contributed by atoms with Crippen molar-refractivity contribution in [2.45, 2.75) is 64.3 Å². The molecule has 1 N–H and O–H groups in total. The molecule has 0 radical (unpaired) electrons. The summed E-state index contributed by atoms with van der Waals surface area (Å²) >= 11 is 0. The van der Waals surface area contributed by atoms with Gasteiger partial charge >= 0.3 is 0 Å². The quantitative estimate of drug-likeness (QED) is 0.841. The highest BCUT2D eigenvalue weighted by atomic mass is 32.2. The molecule has 1 aromatic carbocycles. The molecule has 2 atom stereocenters. The maximum atomic E-state index is 13.0. The molecule has 1 fully saturated rings. The fourth-order valence-corrected chi connectivity index (χ4v) is 5.20. The molecule has 1 aliphatic rings. The van der Waals surface area contributed by atoms with E-state index in [1.54, 1.807) is 6.07 Å². The van der Waals surface area contributed by atoms with E-state index in [9.17, 15) is 13.2 Å². The van der Waals surface area contributed by atoms with Crippen LogP contribution in [-0.2, 0) is 14.8 Å². The highest BCUT2D eigenvalue weighted by Crippen LogP contribution is 2.26. The van der Waals surface area contributed by atoms with Crippen LogP contribution in [0.3, 0.4) is 0 Å². The van der Waals surface area contributed by atoms with Gasteiger partial charge in [-0.2, -0.15) is 4.31 Å². The van der Waals surface area contributed by atoms with Gasteiger partial charge in [-0.1, -0.05) is 25.5 Å². The number of aryl methyl sites for hydroxylation is 2. The molecule has 0 saturated carbocycles. The van der Waals surface area contributed by atoms with Crippen LogP contribution in [-0.4, -0.2) is 37.8 Å². The van der Waals surface area contributed by atoms with E-state index in [-0.39, 0.29) is 24.4 Å². The van der Waals surface area contributed by atoms with Crippen LogP contribution in [0.1, 0.15) is 50.7 Å². The first kappa shape index (κ1) is 19.9. The molecule has 0 aliphatic carbocycles. The molecule has 0 aromatic heterocycles. The number of amides is 1. The normalized spacial score (nSPS) is 20.2. The molecule has 140 valence electrons. The summed E-state index contributed by atoms with van der Waals surface area (Å²) in [6.07, 6.45) is 3.40. The minimum atomic E-state index is -3.57. The van der Waals surface area contributed by atoms with E-state index in [1.165, 1.54) is 4.31 Å². The van der Waals surface area contributed by atoms with E-state index < -0.39 is 10.0 Å². The van der Waals surface area contributed by atoms with Crippen LogP contribution >= 0.6 is 0 Å². The van der Waals surface area contributed by atoms with Gasteiger partial charge in [-0.25, -0.2) is 8.42 Å². The topological polar surface area (TPSA) is 66.5 Å². The van der Waals surface area contributed by atoms with Gasteiger partial charge in [0.15, 0.2) is 0 Å². The zero-order chi connectivity index (χ0) is 18.6. The number of piperidine rings is 1. The third kappa shape index (κ3) is 4.82. The zero-order valence-electron chi connectivity index (χ0n) is 15.7. The van der Waals surface area contributed by atoms with Crippen molar-refractivity contribution in [1.29, 1.82) is 0 Å². The van der Waals surface area contributed by atoms with Gasteiger partial charge in [0, 0.05) is 19.1 Å². The number of carbonyl (C=O) groups excluding carboxylic acids is 1. The van der Waals surface area contributed by atoms with E-state index in [0.717, 1.165) is 30.4 Å². The Morgan fingerprint density at radius 2 is 2.08 bits per heavy atom. The predicted molar refractivity (Wildman–Crippen MR) is 99.9 cm³/mol. The van der Waals surface area contributed by atoms with Gasteiger partial charge in [0.2, 0.25) is 15.9 Å². The lowest BCUT2D eigenvalue weighted by atomic mass is 9.98. The summed E-state index contributed by atoms with van der Waals surface area (Å²) < 4.78 is 27.6. The minimum Gasteiger partial charge on any atom is -0.353 e. The Morgan fingerprint density at radius 1 is 1.36 bits per heavy atom. The summed E-state index contributed by atoms with van der Waals surface area (Å²) in [6.45, 7) is 8.52. The Morgan fingerprint density at radius 3 is 2.76 bits per heavy atom. The predicted octanol–water partition coefficient (Wildman–Crippen LogP) is 3.01. The van der Waals surface area contributed by atoms with Gasteiger partial charge in [-0.15, -0.1) is 0 Å². The Bertz CT molecular complexity index is 715. The maximum Gasteiger partial charge on any atom is 0.243 e. The second kappa shape index (κ2) is 8.32. The number of sulfonamides is 1. The number of rotatable bonds is 6. The average molecular weight is 367 g/mol. The first-order valence-corrected chi connectivity index (χ1v) is 10.6. The lowest BCUT2D eigenvalue weighted by Crippen LogP contribution is -2.47. The summed E-state index contributed by atoms with van der Waals surface area (Å²) in [6, 6.07) is 5.60. The second-order valence-corrected chi connectivity index (χ2v) is 9.08. The molecule has 1 aliphatic heterocycles. The third-order valence-electron chi connectivity index (χ3n) is 4.83. The smallest absolute Gasteiger partial charge is 0.243 e. The van der Waals surface area contributed by atoms with Crippen molar-refractivity contribution in [2.75, 3.05) is 13.1 Å². The van der Waals surface area contributed by atoms with Crippen LogP contribution in [0, 0.1) is 19.8 Å². The molecule has 0 spiro atoms. The van der Waals surface area contributed by atoms with Crippen LogP contribution in [0.2, 0.25) is 0 Å². The van der Waals surface area contributed by atoms with Gasteiger partial charge in [0.05, 0.1) is 10.8 Å². The van der Waals surface area contributed by atoms with E-state index in [1.807, 2.05) is 32.9 Å². The number of benzene rings is 1. The van der Waals surface area contributed by atoms with Crippen molar-refractivity contribution in [3.05, 3.63) is 29.3 Å². The Balaban J connectivity index is 2.14. The van der Waals surface area contributed by atoms with Crippen molar-refractivity contribution in [2.24, 2.45) is 5.92 Å². The highest BCUT2D eigenvalue weighted by Gasteiger charge is 2.34. The van der Waals surface area contributed by atoms with E-state index in [0.29, 0.717) is 17.9 Å². The second-order valence-electron chi connectivity index (χ2n) is 7.17. The van der Waals surface area contributed by atoms with E-state index in [2.05, 4.69) is 12.2 Å². The monoisotopic (exact) mass is 366 g/mol. The van der Waals surface area contributed by atoms with E-state index >= 15 is 0 Å². The van der Waals surface area contributed by atoms with Crippen molar-refractivity contribution < 1.29 is 13.2 Å². The molecule has 0 bridgehead atoms. The molecular formula is C19H30N2O3S. The number of hydrogen-bond acceptors (Lipinski definition) is 3. The molecule has 25 heavy (non-hydrogen) atoms. The zero-order valence-corrected chi connectivity index (χ0v) is 16.5. The van der Waals surface area contributed by atoms with Gasteiger partial charge in [-0.3, -0.25) is 4.79 Å². The number of nitrogens with one attached hydrogen (secondary N) is 1. The van der Waals surface area contributed by atoms with Crippen molar-refractivity contribution in [1.82, 2.24) is 9.62 Å². The van der Waals surface area contributed by atoms with Crippen molar-refractivity contribution >= 4 is 15.9 Å². The van der Waals surface area contributed by atoms with Gasteiger partial charge < -0.3 is 5.32 Å². The number of hydrogen-bond donors (Lipinski definition) is 1. The molecule has 5 nitrogen and oxygen atoms in total. The lowest BCUT2D eigenvalue weighted by Gasteiger charge is -2.32. The summed E-state index contributed by atoms with van der Waals surface area (Å²) in [5.41, 5.74) is 1.66. The van der Waals surface area contributed by atoms with Crippen LogP contribution in [0.25, 0.3) is 0 Å². The Hall–Kier alpha value is -1.40. The van der Waals surface area contributed by atoms with Crippen LogP contribution in [0.4, 0.5) is 0 Å². The van der Waals surface area contributed by atoms with E-state index in [4.69, 9.17) is 0 Å². The van der Waals surface area contributed by atoms with Crippen molar-refractivity contribution in [3.63, 3.8) is 0 Å². The fraction of sp³-hybridized carbons (Fsp3) is 0.632. The molecule has 1 heterocycles. The molecule has 2 rings (SSSR count). The number of nitrogens with zero attached hydrogens (tertiary/aromatic N) is 1. The van der Waals surface area contributed by atoms with Crippen LogP contribution < -0.4 is 5.32 Å². The standard InChI is InChI=1S/C19H30N2O3S/c1-5-7-16(4)20-19(22)17-8-6-11-21(13-17)25(23,24)18-12-14(2)9-10-15(18)3/h9-10,12,16-17H,5-8,11,13H2,1-4H3,(H,20,22)/t16-,17+/m1/s1. The fourth-order valence-electron chi connectivity index (χ4n) is 3.36. The van der Waals surface area contributed by atoms with Gasteiger partial charge in [0.1, 0.15) is 0 Å². The summed E-state index contributed by atoms with van der Waals surface area (Å²) in [7, 11) is -3.57. The maximum absolute atomic E-state index is 13.0. The van der Waals surface area contributed by atoms with Crippen LogP contribution in [0.15, 0.2) is 23.1 Å². The molecule has 1 aromatic rings. The molecular weight excluding hydrogens is 336 g/mol. The van der Waals surface area contributed by atoms with Crippen LogP contribution in [0.5, 0.6) is 0 Å². The molecule has 0 unspecified atom stereocenters. The molecule has 6 heteroatoms. The first-order chi connectivity index (χ1) is 11.8. The van der Waals surface area contributed by atoms with Gasteiger partial charge in [-0.05, 0) is 57.2 Å². The Kier molecular flexibility index (Phi) is 6.63. The van der Waals surface area contributed by atoms with Gasteiger partial charge in [0.25, 0.3) is 0 Å². The third-order valence-corrected chi connectivity index (χ3v) is 6.83. The summed E-state index contributed by atoms with van der Waals surface area (Å²) in [4.78, 5) is 12.8. The number of carbonyl (C=O) groups is 1. The average Bonchev–Trinajstić information content (AvgIpc) is 2.57. The first-order valence-electron chi connectivity index (χ1n) is 9.13. The summed E-state index contributed by atoms with van der Waals surface area (Å²) in [5, 5.41) is 3.02. The minimum absolute atomic E-state index is 0.0261. The molecule has 1 saturated heterocycles. The van der Waals surface area contributed by atoms with Crippen molar-refractivity contribution in [3.8, 4) is 0 Å². The summed E-state index contributed by atoms with van der Waals surface area (Å²) in [5.74, 6) is -0.297. The largest absolute Gasteiger partial charge is 0.353 e. The lowest BCUT2D eigenvalue weighted by molar-refractivity contribution is -0.126. The Labute approximate surface area is 151 Å².